The second-order valence-corrected chi connectivity index (χ2v) is 3.18. The summed E-state index contributed by atoms with van der Waals surface area (Å²) in [5.74, 6) is 0.324. The van der Waals surface area contributed by atoms with Crippen molar-refractivity contribution in [2.75, 3.05) is 0 Å². The van der Waals surface area contributed by atoms with Crippen LogP contribution in [0, 0.1) is 0 Å². The van der Waals surface area contributed by atoms with Crippen LogP contribution in [0.1, 0.15) is 52.9 Å². The van der Waals surface area contributed by atoms with E-state index in [2.05, 4.69) is 13.8 Å². The zero-order chi connectivity index (χ0) is 9.40. The highest BCUT2D eigenvalue weighted by Crippen LogP contribution is 2.06. The lowest BCUT2D eigenvalue weighted by Crippen LogP contribution is -1.98. The number of ketones is 1. The zero-order valence-corrected chi connectivity index (χ0v) is 8.52. The van der Waals surface area contributed by atoms with Gasteiger partial charge in [-0.3, -0.25) is 4.79 Å². The topological polar surface area (TPSA) is 17.1 Å². The molecule has 0 N–H and O–H groups in total. The molecule has 1 heteroatoms. The van der Waals surface area contributed by atoms with Crippen LogP contribution in [-0.2, 0) is 4.79 Å². The molecule has 0 aromatic heterocycles. The number of unbranched alkanes of at least 4 members (excludes halogenated alkanes) is 2. The minimum Gasteiger partial charge on any atom is -0.295 e. The summed E-state index contributed by atoms with van der Waals surface area (Å²) in [6.45, 7) is 6.12. The van der Waals surface area contributed by atoms with Gasteiger partial charge >= 0.3 is 0 Å². The Kier molecular flexibility index (Phi) is 6.73. The summed E-state index contributed by atoms with van der Waals surface area (Å²) in [6, 6.07) is 0. The Balaban J connectivity index is 3.64. The number of hydrogen-bond donors (Lipinski definition) is 0. The molecule has 0 amide bonds. The fourth-order valence-corrected chi connectivity index (χ4v) is 1.15. The summed E-state index contributed by atoms with van der Waals surface area (Å²) >= 11 is 0. The first-order valence-electron chi connectivity index (χ1n) is 4.92. The van der Waals surface area contributed by atoms with E-state index in [1.807, 2.05) is 13.0 Å². The van der Waals surface area contributed by atoms with Crippen LogP contribution in [0.2, 0.25) is 0 Å². The fraction of sp³-hybridized carbons (Fsp3) is 0.727. The van der Waals surface area contributed by atoms with E-state index in [1.54, 1.807) is 0 Å². The largest absolute Gasteiger partial charge is 0.295 e. The summed E-state index contributed by atoms with van der Waals surface area (Å²) in [6.07, 6.45) is 7.11. The van der Waals surface area contributed by atoms with Gasteiger partial charge in [0, 0.05) is 6.42 Å². The molecule has 0 bridgehead atoms. The highest BCUT2D eigenvalue weighted by atomic mass is 16.1. The second kappa shape index (κ2) is 7.08. The molecule has 12 heavy (non-hydrogen) atoms. The quantitative estimate of drug-likeness (QED) is 0.438. The maximum atomic E-state index is 11.3. The van der Waals surface area contributed by atoms with E-state index >= 15 is 0 Å². The predicted molar refractivity (Wildman–Crippen MR) is 53.2 cm³/mol. The van der Waals surface area contributed by atoms with Gasteiger partial charge in [-0.2, -0.15) is 0 Å². The average Bonchev–Trinajstić information content (AvgIpc) is 2.05. The molecule has 0 spiro atoms. The lowest BCUT2D eigenvalue weighted by molar-refractivity contribution is -0.115. The van der Waals surface area contributed by atoms with Crippen LogP contribution in [0.15, 0.2) is 11.6 Å². The van der Waals surface area contributed by atoms with Crippen molar-refractivity contribution in [1.82, 2.24) is 0 Å². The summed E-state index contributed by atoms with van der Waals surface area (Å²) in [5.41, 5.74) is 0.939. The van der Waals surface area contributed by atoms with Crippen molar-refractivity contribution in [1.29, 1.82) is 0 Å². The maximum Gasteiger partial charge on any atom is 0.158 e. The molecule has 0 rings (SSSR count). The van der Waals surface area contributed by atoms with Crippen LogP contribution in [0.3, 0.4) is 0 Å². The van der Waals surface area contributed by atoms with Gasteiger partial charge in [-0.1, -0.05) is 32.8 Å². The Labute approximate surface area is 75.9 Å². The normalized spacial score (nSPS) is 11.8. The minimum absolute atomic E-state index is 0.324. The summed E-state index contributed by atoms with van der Waals surface area (Å²) < 4.78 is 0. The molecule has 0 aliphatic heterocycles. The van der Waals surface area contributed by atoms with Gasteiger partial charge in [0.2, 0.25) is 0 Å². The van der Waals surface area contributed by atoms with E-state index in [4.69, 9.17) is 0 Å². The van der Waals surface area contributed by atoms with E-state index in [-0.39, 0.29) is 0 Å². The molecule has 0 heterocycles. The van der Waals surface area contributed by atoms with Gasteiger partial charge in [-0.25, -0.2) is 0 Å². The zero-order valence-electron chi connectivity index (χ0n) is 8.52. The van der Waals surface area contributed by atoms with Gasteiger partial charge in [-0.15, -0.1) is 0 Å². The Morgan fingerprint density at radius 3 is 2.42 bits per heavy atom. The highest BCUT2D eigenvalue weighted by molar-refractivity contribution is 5.94. The van der Waals surface area contributed by atoms with Crippen LogP contribution in [0.5, 0.6) is 0 Å². The van der Waals surface area contributed by atoms with E-state index in [9.17, 15) is 4.79 Å². The maximum absolute atomic E-state index is 11.3. The van der Waals surface area contributed by atoms with Crippen LogP contribution in [0.4, 0.5) is 0 Å². The van der Waals surface area contributed by atoms with Gasteiger partial charge in [0.1, 0.15) is 0 Å². The molecular formula is C11H20O. The van der Waals surface area contributed by atoms with Crippen molar-refractivity contribution in [2.45, 2.75) is 52.9 Å². The average molecular weight is 168 g/mol. The van der Waals surface area contributed by atoms with Crippen molar-refractivity contribution in [3.63, 3.8) is 0 Å². The highest BCUT2D eigenvalue weighted by Gasteiger charge is 2.02. The molecule has 0 radical (unpaired) electrons. The minimum atomic E-state index is 0.324. The number of rotatable bonds is 6. The van der Waals surface area contributed by atoms with E-state index in [0.29, 0.717) is 5.78 Å². The molecule has 0 aliphatic carbocycles. The molecule has 0 saturated heterocycles. The van der Waals surface area contributed by atoms with Gasteiger partial charge in [0.15, 0.2) is 5.78 Å². The number of carbonyl (C=O) groups excluding carboxylic acids is 1. The smallest absolute Gasteiger partial charge is 0.158 e. The van der Waals surface area contributed by atoms with Crippen molar-refractivity contribution in [3.05, 3.63) is 11.6 Å². The number of hydrogen-bond acceptors (Lipinski definition) is 1. The monoisotopic (exact) mass is 168 g/mol. The first kappa shape index (κ1) is 11.4. The second-order valence-electron chi connectivity index (χ2n) is 3.18. The first-order chi connectivity index (χ1) is 5.72. The SMILES string of the molecule is CCC=C(C)C(=O)CCCCC. The third-order valence-electron chi connectivity index (χ3n) is 1.96. The molecule has 70 valence electrons. The lowest BCUT2D eigenvalue weighted by atomic mass is 10.1. The van der Waals surface area contributed by atoms with E-state index in [1.165, 1.54) is 12.8 Å². The van der Waals surface area contributed by atoms with Crippen molar-refractivity contribution in [2.24, 2.45) is 0 Å². The predicted octanol–water partition coefficient (Wildman–Crippen LogP) is 3.49. The van der Waals surface area contributed by atoms with Gasteiger partial charge in [0.05, 0.1) is 0 Å². The fourth-order valence-electron chi connectivity index (χ4n) is 1.15. The molecule has 0 unspecified atom stereocenters. The lowest BCUT2D eigenvalue weighted by Gasteiger charge is -1.99. The third kappa shape index (κ3) is 5.11. The van der Waals surface area contributed by atoms with Crippen LogP contribution in [0.25, 0.3) is 0 Å². The van der Waals surface area contributed by atoms with Gasteiger partial charge in [-0.05, 0) is 25.3 Å². The number of carbonyl (C=O) groups is 1. The molecule has 0 atom stereocenters. The Hall–Kier alpha value is -0.590. The Morgan fingerprint density at radius 1 is 1.25 bits per heavy atom. The summed E-state index contributed by atoms with van der Waals surface area (Å²) in [7, 11) is 0. The molecule has 0 aromatic carbocycles. The van der Waals surface area contributed by atoms with Crippen LogP contribution in [-0.4, -0.2) is 5.78 Å². The van der Waals surface area contributed by atoms with Gasteiger partial charge < -0.3 is 0 Å². The van der Waals surface area contributed by atoms with Crippen LogP contribution >= 0.6 is 0 Å². The van der Waals surface area contributed by atoms with Crippen molar-refractivity contribution < 1.29 is 4.79 Å². The number of allylic oxidation sites excluding steroid dienone is 2. The molecular weight excluding hydrogens is 148 g/mol. The van der Waals surface area contributed by atoms with Crippen molar-refractivity contribution >= 4 is 5.78 Å². The third-order valence-corrected chi connectivity index (χ3v) is 1.96. The molecule has 0 saturated carbocycles. The molecule has 0 aliphatic rings. The van der Waals surface area contributed by atoms with Crippen LogP contribution < -0.4 is 0 Å². The molecule has 0 aromatic rings. The summed E-state index contributed by atoms with van der Waals surface area (Å²) in [5, 5.41) is 0. The summed E-state index contributed by atoms with van der Waals surface area (Å²) in [4.78, 5) is 11.3. The van der Waals surface area contributed by atoms with Crippen molar-refractivity contribution in [3.8, 4) is 0 Å². The molecule has 1 nitrogen and oxygen atoms in total. The van der Waals surface area contributed by atoms with E-state index < -0.39 is 0 Å². The van der Waals surface area contributed by atoms with Gasteiger partial charge in [0.25, 0.3) is 0 Å². The Morgan fingerprint density at radius 2 is 1.92 bits per heavy atom. The standard InChI is InChI=1S/C11H20O/c1-4-6-7-9-11(12)10(3)8-5-2/h8H,4-7,9H2,1-3H3. The number of Topliss-reactive ketones (excluding diaryl/α,β-unsaturated/α-hetero) is 1. The molecule has 0 fully saturated rings. The first-order valence-corrected chi connectivity index (χ1v) is 4.92. The van der Waals surface area contributed by atoms with E-state index in [0.717, 1.165) is 24.8 Å². The Bertz CT molecular complexity index is 156.